The van der Waals surface area contributed by atoms with Crippen molar-refractivity contribution in [2.24, 2.45) is 11.8 Å². The smallest absolute Gasteiger partial charge is 0.0600 e. The van der Waals surface area contributed by atoms with Crippen LogP contribution in [-0.2, 0) is 4.74 Å². The SMILES string of the molecule is CCNC(c1ccc(C(C)C)cc1)C1C(C)OC(C)C1C. The van der Waals surface area contributed by atoms with E-state index in [-0.39, 0.29) is 0 Å². The van der Waals surface area contributed by atoms with Crippen LogP contribution in [-0.4, -0.2) is 18.8 Å². The molecule has 2 heteroatoms. The van der Waals surface area contributed by atoms with Crippen LogP contribution in [0, 0.1) is 11.8 Å². The normalized spacial score (nSPS) is 30.8. The van der Waals surface area contributed by atoms with E-state index in [1.807, 2.05) is 0 Å². The lowest BCUT2D eigenvalue weighted by molar-refractivity contribution is 0.0475. The Labute approximate surface area is 130 Å². The number of nitrogens with one attached hydrogen (secondary N) is 1. The summed E-state index contributed by atoms with van der Waals surface area (Å²) < 4.78 is 6.06. The van der Waals surface area contributed by atoms with E-state index < -0.39 is 0 Å². The third-order valence-electron chi connectivity index (χ3n) is 5.09. The first-order valence-corrected chi connectivity index (χ1v) is 8.44. The molecule has 1 fully saturated rings. The Bertz CT molecular complexity index is 439. The molecular weight excluding hydrogens is 258 g/mol. The standard InChI is InChI=1S/C19H31NO/c1-7-20-19(18-13(4)14(5)21-15(18)6)17-10-8-16(9-11-17)12(2)3/h8-15,18-20H,7H2,1-6H3. The van der Waals surface area contributed by atoms with Crippen LogP contribution in [0.15, 0.2) is 24.3 Å². The molecule has 1 saturated heterocycles. The summed E-state index contributed by atoms with van der Waals surface area (Å²) in [6.45, 7) is 14.4. The Morgan fingerprint density at radius 1 is 1.00 bits per heavy atom. The van der Waals surface area contributed by atoms with Crippen LogP contribution in [0.4, 0.5) is 0 Å². The van der Waals surface area contributed by atoms with Gasteiger partial charge in [0.05, 0.1) is 12.2 Å². The number of rotatable bonds is 5. The molecule has 5 unspecified atom stereocenters. The van der Waals surface area contributed by atoms with Gasteiger partial charge in [0.1, 0.15) is 0 Å². The van der Waals surface area contributed by atoms with E-state index in [2.05, 4.69) is 71.1 Å². The van der Waals surface area contributed by atoms with Gasteiger partial charge in [0, 0.05) is 12.0 Å². The van der Waals surface area contributed by atoms with Gasteiger partial charge in [-0.25, -0.2) is 0 Å². The summed E-state index contributed by atoms with van der Waals surface area (Å²) in [6.07, 6.45) is 0.657. The summed E-state index contributed by atoms with van der Waals surface area (Å²) in [6, 6.07) is 9.53. The molecule has 0 aromatic heterocycles. The van der Waals surface area contributed by atoms with Crippen molar-refractivity contribution < 1.29 is 4.74 Å². The van der Waals surface area contributed by atoms with Gasteiger partial charge in [-0.1, -0.05) is 52.0 Å². The first kappa shape index (κ1) is 16.5. The largest absolute Gasteiger partial charge is 0.375 e. The Morgan fingerprint density at radius 2 is 1.57 bits per heavy atom. The molecule has 0 spiro atoms. The van der Waals surface area contributed by atoms with Gasteiger partial charge in [0.2, 0.25) is 0 Å². The van der Waals surface area contributed by atoms with Crippen LogP contribution in [0.3, 0.4) is 0 Å². The molecule has 1 aliphatic heterocycles. The lowest BCUT2D eigenvalue weighted by Gasteiger charge is -2.30. The molecule has 0 amide bonds. The van der Waals surface area contributed by atoms with Crippen LogP contribution in [0.2, 0.25) is 0 Å². The molecule has 1 aromatic carbocycles. The van der Waals surface area contributed by atoms with Crippen LogP contribution >= 0.6 is 0 Å². The van der Waals surface area contributed by atoms with Crippen molar-refractivity contribution in [3.63, 3.8) is 0 Å². The zero-order valence-electron chi connectivity index (χ0n) is 14.4. The Hall–Kier alpha value is -0.860. The molecule has 21 heavy (non-hydrogen) atoms. The Balaban J connectivity index is 2.26. The fourth-order valence-electron chi connectivity index (χ4n) is 3.65. The third kappa shape index (κ3) is 3.49. The first-order chi connectivity index (χ1) is 9.95. The first-order valence-electron chi connectivity index (χ1n) is 8.44. The van der Waals surface area contributed by atoms with E-state index in [0.717, 1.165) is 6.54 Å². The Morgan fingerprint density at radius 3 is 2.00 bits per heavy atom. The minimum atomic E-state index is 0.309. The lowest BCUT2D eigenvalue weighted by atomic mass is 9.80. The van der Waals surface area contributed by atoms with Gasteiger partial charge in [0.15, 0.2) is 0 Å². The minimum absolute atomic E-state index is 0.309. The molecule has 0 bridgehead atoms. The van der Waals surface area contributed by atoms with Crippen molar-refractivity contribution >= 4 is 0 Å². The molecular formula is C19H31NO. The van der Waals surface area contributed by atoms with Crippen molar-refractivity contribution in [3.05, 3.63) is 35.4 Å². The van der Waals surface area contributed by atoms with Crippen molar-refractivity contribution in [3.8, 4) is 0 Å². The molecule has 2 rings (SSSR count). The van der Waals surface area contributed by atoms with Crippen molar-refractivity contribution in [2.45, 2.75) is 65.7 Å². The summed E-state index contributed by atoms with van der Waals surface area (Å²) in [7, 11) is 0. The number of ether oxygens (including phenoxy) is 1. The third-order valence-corrected chi connectivity index (χ3v) is 5.09. The molecule has 5 atom stereocenters. The highest BCUT2D eigenvalue weighted by atomic mass is 16.5. The summed E-state index contributed by atoms with van der Waals surface area (Å²) in [4.78, 5) is 0. The van der Waals surface area contributed by atoms with Gasteiger partial charge in [-0.15, -0.1) is 0 Å². The summed E-state index contributed by atoms with van der Waals surface area (Å²) in [5, 5.41) is 3.69. The van der Waals surface area contributed by atoms with E-state index in [4.69, 9.17) is 4.74 Å². The zero-order valence-corrected chi connectivity index (χ0v) is 14.4. The monoisotopic (exact) mass is 289 g/mol. The van der Waals surface area contributed by atoms with Crippen LogP contribution in [0.5, 0.6) is 0 Å². The molecule has 118 valence electrons. The quantitative estimate of drug-likeness (QED) is 0.860. The van der Waals surface area contributed by atoms with Gasteiger partial charge < -0.3 is 10.1 Å². The number of hydrogen-bond donors (Lipinski definition) is 1. The second-order valence-electron chi connectivity index (χ2n) is 6.84. The van der Waals surface area contributed by atoms with Gasteiger partial charge in [-0.2, -0.15) is 0 Å². The van der Waals surface area contributed by atoms with Crippen molar-refractivity contribution in [2.75, 3.05) is 6.54 Å². The zero-order chi connectivity index (χ0) is 15.6. The van der Waals surface area contributed by atoms with Crippen LogP contribution < -0.4 is 5.32 Å². The predicted molar refractivity (Wildman–Crippen MR) is 89.6 cm³/mol. The molecule has 1 N–H and O–H groups in total. The molecule has 0 radical (unpaired) electrons. The van der Waals surface area contributed by atoms with Gasteiger partial charge in [0.25, 0.3) is 0 Å². The van der Waals surface area contributed by atoms with Gasteiger partial charge >= 0.3 is 0 Å². The maximum absolute atomic E-state index is 6.06. The van der Waals surface area contributed by atoms with Crippen LogP contribution in [0.25, 0.3) is 0 Å². The molecule has 0 saturated carbocycles. The number of benzene rings is 1. The van der Waals surface area contributed by atoms with Crippen molar-refractivity contribution in [1.29, 1.82) is 0 Å². The molecule has 2 nitrogen and oxygen atoms in total. The average Bonchev–Trinajstić information content (AvgIpc) is 2.70. The predicted octanol–water partition coefficient (Wildman–Crippen LogP) is 4.52. The average molecular weight is 289 g/mol. The molecule has 1 heterocycles. The topological polar surface area (TPSA) is 21.3 Å². The maximum atomic E-state index is 6.06. The van der Waals surface area contributed by atoms with E-state index in [0.29, 0.717) is 36.0 Å². The minimum Gasteiger partial charge on any atom is -0.375 e. The lowest BCUT2D eigenvalue weighted by Crippen LogP contribution is -2.35. The highest BCUT2D eigenvalue weighted by Gasteiger charge is 2.41. The number of hydrogen-bond acceptors (Lipinski definition) is 2. The second-order valence-corrected chi connectivity index (χ2v) is 6.84. The molecule has 1 aliphatic rings. The molecule has 0 aliphatic carbocycles. The van der Waals surface area contributed by atoms with E-state index in [1.54, 1.807) is 0 Å². The highest BCUT2D eigenvalue weighted by Crippen LogP contribution is 2.40. The van der Waals surface area contributed by atoms with Crippen LogP contribution in [0.1, 0.15) is 64.6 Å². The van der Waals surface area contributed by atoms with Crippen molar-refractivity contribution in [1.82, 2.24) is 5.32 Å². The van der Waals surface area contributed by atoms with E-state index >= 15 is 0 Å². The van der Waals surface area contributed by atoms with E-state index in [9.17, 15) is 0 Å². The maximum Gasteiger partial charge on any atom is 0.0600 e. The van der Waals surface area contributed by atoms with Gasteiger partial charge in [-0.05, 0) is 43.4 Å². The molecule has 1 aromatic rings. The van der Waals surface area contributed by atoms with Gasteiger partial charge in [-0.3, -0.25) is 0 Å². The highest BCUT2D eigenvalue weighted by molar-refractivity contribution is 5.28. The Kier molecular flexibility index (Phi) is 5.45. The fourth-order valence-corrected chi connectivity index (χ4v) is 3.65. The van der Waals surface area contributed by atoms with E-state index in [1.165, 1.54) is 11.1 Å². The summed E-state index contributed by atoms with van der Waals surface area (Å²) >= 11 is 0. The summed E-state index contributed by atoms with van der Waals surface area (Å²) in [5.41, 5.74) is 2.80. The second kappa shape index (κ2) is 6.93. The fraction of sp³-hybridized carbons (Fsp3) is 0.684. The summed E-state index contributed by atoms with van der Waals surface area (Å²) in [5.74, 6) is 1.70.